The van der Waals surface area contributed by atoms with Crippen LogP contribution in [-0.4, -0.2) is 76.7 Å². The van der Waals surface area contributed by atoms with Crippen molar-refractivity contribution >= 4 is 5.91 Å². The summed E-state index contributed by atoms with van der Waals surface area (Å²) < 4.78 is 1.20. The molecule has 0 unspecified atom stereocenters. The lowest BCUT2D eigenvalue weighted by atomic mass is 9.43. The van der Waals surface area contributed by atoms with Gasteiger partial charge in [0.2, 0.25) is 5.91 Å². The number of hydrogen-bond acceptors (Lipinski definition) is 4. The van der Waals surface area contributed by atoms with E-state index in [2.05, 4.69) is 33.0 Å². The monoisotopic (exact) mass is 589 g/mol. The number of rotatable bonds is 12. The Balaban J connectivity index is 1.14. The number of likely N-dealkylation sites (tertiary alicyclic amines) is 1. The molecule has 0 radical (unpaired) electrons. The van der Waals surface area contributed by atoms with E-state index < -0.39 is 0 Å². The molecule has 1 heterocycles. The van der Waals surface area contributed by atoms with Crippen molar-refractivity contribution in [1.82, 2.24) is 5.32 Å². The minimum atomic E-state index is -0.361. The SMILES string of the molecule is CCCCCC[N+]1(CCNC(=O)CC[C@@H](C)[C@H]2CC[C@H]3[C@@H]4[C@H](O)C[C@@H]5C[C@H](O)CC[C@]5(C)[C@H]4C[C@H](O)[C@]23C)CCCC1. The standard InChI is InChI=1S/C36H64N2O4/c1-5-6-7-8-18-38(19-9-10-20-38)21-17-37-33(42)14-11-25(2)28-12-13-29-34-30(24-32(41)36(28,29)4)35(3)16-15-27(39)22-26(35)23-31(34)40/h25-32,34,39-41H,5-24H2,1-4H3/p+1/t25-,26+,27-,28-,29+,30+,31-,32+,34+,35+,36-/m1/s1. The van der Waals surface area contributed by atoms with Crippen LogP contribution in [0.4, 0.5) is 0 Å². The molecule has 5 aliphatic rings. The average Bonchev–Trinajstić information content (AvgIpc) is 3.57. The first kappa shape index (κ1) is 32.7. The Kier molecular flexibility index (Phi) is 10.4. The number of aliphatic hydroxyl groups excluding tert-OH is 3. The third-order valence-corrected chi connectivity index (χ3v) is 14.3. The normalized spacial score (nSPS) is 43.3. The second-order valence-electron chi connectivity index (χ2n) is 16.4. The lowest BCUT2D eigenvalue weighted by molar-refractivity contribution is -0.915. The van der Waals surface area contributed by atoms with Crippen molar-refractivity contribution in [3.8, 4) is 0 Å². The zero-order valence-corrected chi connectivity index (χ0v) is 27.5. The van der Waals surface area contributed by atoms with Gasteiger partial charge in [-0.05, 0) is 111 Å². The highest BCUT2D eigenvalue weighted by molar-refractivity contribution is 5.75. The smallest absolute Gasteiger partial charge is 0.220 e. The number of hydrogen-bond donors (Lipinski definition) is 4. The van der Waals surface area contributed by atoms with E-state index in [1.807, 2.05) is 0 Å². The van der Waals surface area contributed by atoms with E-state index in [-0.39, 0.29) is 41.0 Å². The number of nitrogens with zero attached hydrogens (tertiary/aromatic N) is 1. The van der Waals surface area contributed by atoms with Gasteiger partial charge in [-0.25, -0.2) is 0 Å². The first-order chi connectivity index (χ1) is 20.0. The molecular weight excluding hydrogens is 524 g/mol. The summed E-state index contributed by atoms with van der Waals surface area (Å²) in [5.74, 6) is 2.23. The van der Waals surface area contributed by atoms with Crippen LogP contribution in [-0.2, 0) is 4.79 Å². The van der Waals surface area contributed by atoms with Crippen LogP contribution in [0, 0.1) is 46.3 Å². The molecule has 5 rings (SSSR count). The Labute approximate surface area is 257 Å². The minimum absolute atomic E-state index is 0.110. The highest BCUT2D eigenvalue weighted by Gasteiger charge is 2.65. The molecule has 0 aromatic heterocycles. The number of quaternary nitrogens is 1. The topological polar surface area (TPSA) is 89.8 Å². The number of carbonyl (C=O) groups excluding carboxylic acids is 1. The van der Waals surface area contributed by atoms with Crippen LogP contribution in [0.3, 0.4) is 0 Å². The maximum absolute atomic E-state index is 13.0. The Morgan fingerprint density at radius 1 is 0.952 bits per heavy atom. The summed E-state index contributed by atoms with van der Waals surface area (Å²) in [7, 11) is 0. The average molecular weight is 590 g/mol. The predicted octanol–water partition coefficient (Wildman–Crippen LogP) is 5.67. The summed E-state index contributed by atoms with van der Waals surface area (Å²) in [5, 5.41) is 37.0. The molecule has 5 fully saturated rings. The maximum Gasteiger partial charge on any atom is 0.220 e. The largest absolute Gasteiger partial charge is 0.393 e. The Morgan fingerprint density at radius 2 is 1.71 bits per heavy atom. The number of amides is 1. The van der Waals surface area contributed by atoms with Crippen LogP contribution >= 0.6 is 0 Å². The zero-order valence-electron chi connectivity index (χ0n) is 27.5. The van der Waals surface area contributed by atoms with Crippen molar-refractivity contribution < 1.29 is 24.6 Å². The van der Waals surface area contributed by atoms with Gasteiger partial charge >= 0.3 is 0 Å². The number of nitrogens with one attached hydrogen (secondary N) is 1. The first-order valence-corrected chi connectivity index (χ1v) is 18.2. The van der Waals surface area contributed by atoms with Crippen LogP contribution in [0.25, 0.3) is 0 Å². The lowest BCUT2D eigenvalue weighted by Gasteiger charge is -2.63. The summed E-state index contributed by atoms with van der Waals surface area (Å²) in [5.41, 5.74) is -0.0853. The molecule has 0 aromatic carbocycles. The van der Waals surface area contributed by atoms with Crippen LogP contribution < -0.4 is 5.32 Å². The molecule has 4 saturated carbocycles. The number of aliphatic hydroxyl groups is 3. The molecule has 1 saturated heterocycles. The summed E-state index contributed by atoms with van der Waals surface area (Å²) in [6.07, 6.45) is 14.8. The van der Waals surface area contributed by atoms with Crippen LogP contribution in [0.2, 0.25) is 0 Å². The Morgan fingerprint density at radius 3 is 2.45 bits per heavy atom. The van der Waals surface area contributed by atoms with Crippen molar-refractivity contribution in [3.05, 3.63) is 0 Å². The van der Waals surface area contributed by atoms with E-state index in [4.69, 9.17) is 0 Å². The fourth-order valence-corrected chi connectivity index (χ4v) is 11.7. The molecule has 6 nitrogen and oxygen atoms in total. The molecule has 1 aliphatic heterocycles. The molecule has 4 aliphatic carbocycles. The first-order valence-electron chi connectivity index (χ1n) is 18.2. The molecule has 1 amide bonds. The van der Waals surface area contributed by atoms with Gasteiger partial charge in [-0.2, -0.15) is 0 Å². The van der Waals surface area contributed by atoms with Gasteiger partial charge in [0.05, 0.1) is 51.0 Å². The van der Waals surface area contributed by atoms with E-state index in [1.165, 1.54) is 62.6 Å². The van der Waals surface area contributed by atoms with Gasteiger partial charge in [0.15, 0.2) is 0 Å². The third-order valence-electron chi connectivity index (χ3n) is 14.3. The molecular formula is C36H65N2O4+. The van der Waals surface area contributed by atoms with Crippen molar-refractivity contribution in [3.63, 3.8) is 0 Å². The fraction of sp³-hybridized carbons (Fsp3) is 0.972. The zero-order chi connectivity index (χ0) is 30.1. The number of carbonyl (C=O) groups is 1. The molecule has 42 heavy (non-hydrogen) atoms. The number of fused-ring (bicyclic) bond motifs is 5. The van der Waals surface area contributed by atoms with E-state index in [0.717, 1.165) is 64.5 Å². The van der Waals surface area contributed by atoms with Gasteiger partial charge in [0, 0.05) is 19.3 Å². The molecule has 6 heteroatoms. The number of unbranched alkanes of at least 4 members (excludes halogenated alkanes) is 3. The molecule has 0 bridgehead atoms. The van der Waals surface area contributed by atoms with Crippen molar-refractivity contribution in [2.24, 2.45) is 46.3 Å². The molecule has 4 N–H and O–H groups in total. The van der Waals surface area contributed by atoms with Crippen molar-refractivity contribution in [2.45, 2.75) is 142 Å². The van der Waals surface area contributed by atoms with Gasteiger partial charge in [-0.3, -0.25) is 4.79 Å². The van der Waals surface area contributed by atoms with E-state index >= 15 is 0 Å². The maximum atomic E-state index is 13.0. The Hall–Kier alpha value is -0.690. The molecule has 11 atom stereocenters. The highest BCUT2D eigenvalue weighted by atomic mass is 16.3. The summed E-state index contributed by atoms with van der Waals surface area (Å²) in [4.78, 5) is 13.0. The van der Waals surface area contributed by atoms with Crippen LogP contribution in [0.5, 0.6) is 0 Å². The molecule has 242 valence electrons. The molecule has 0 spiro atoms. The highest BCUT2D eigenvalue weighted by Crippen LogP contribution is 2.68. The van der Waals surface area contributed by atoms with Gasteiger partial charge in [-0.15, -0.1) is 0 Å². The van der Waals surface area contributed by atoms with Gasteiger partial charge in [0.25, 0.3) is 0 Å². The lowest BCUT2D eigenvalue weighted by Crippen LogP contribution is -2.62. The van der Waals surface area contributed by atoms with E-state index in [1.54, 1.807) is 0 Å². The van der Waals surface area contributed by atoms with E-state index in [0.29, 0.717) is 36.0 Å². The predicted molar refractivity (Wildman–Crippen MR) is 169 cm³/mol. The van der Waals surface area contributed by atoms with Gasteiger partial charge < -0.3 is 25.1 Å². The summed E-state index contributed by atoms with van der Waals surface area (Å²) in [6, 6.07) is 0. The van der Waals surface area contributed by atoms with Crippen LogP contribution in [0.1, 0.15) is 124 Å². The summed E-state index contributed by atoms with van der Waals surface area (Å²) in [6.45, 7) is 15.0. The minimum Gasteiger partial charge on any atom is -0.393 e. The fourth-order valence-electron chi connectivity index (χ4n) is 11.7. The van der Waals surface area contributed by atoms with Gasteiger partial charge in [-0.1, -0.05) is 40.5 Å². The van der Waals surface area contributed by atoms with E-state index in [9.17, 15) is 20.1 Å². The van der Waals surface area contributed by atoms with Crippen LogP contribution in [0.15, 0.2) is 0 Å². The van der Waals surface area contributed by atoms with Crippen molar-refractivity contribution in [1.29, 1.82) is 0 Å². The Bertz CT molecular complexity index is 907. The summed E-state index contributed by atoms with van der Waals surface area (Å²) >= 11 is 0. The second-order valence-corrected chi connectivity index (χ2v) is 16.4. The second kappa shape index (κ2) is 13.3. The molecule has 0 aromatic rings. The quantitative estimate of drug-likeness (QED) is 0.174. The van der Waals surface area contributed by atoms with Gasteiger partial charge in [0.1, 0.15) is 0 Å². The van der Waals surface area contributed by atoms with Crippen molar-refractivity contribution in [2.75, 3.05) is 32.7 Å². The third kappa shape index (κ3) is 6.22.